The third-order valence-corrected chi connectivity index (χ3v) is 5.82. The molecule has 1 aliphatic carbocycles. The third kappa shape index (κ3) is 6.84. The van der Waals surface area contributed by atoms with Crippen LogP contribution >= 0.6 is 24.0 Å². The van der Waals surface area contributed by atoms with E-state index in [1.165, 1.54) is 24.0 Å². The predicted molar refractivity (Wildman–Crippen MR) is 130 cm³/mol. The summed E-state index contributed by atoms with van der Waals surface area (Å²) in [6, 6.07) is 8.78. The zero-order valence-corrected chi connectivity index (χ0v) is 20.3. The topological polar surface area (TPSA) is 60.0 Å². The van der Waals surface area contributed by atoms with Gasteiger partial charge in [-0.2, -0.15) is 0 Å². The number of nitrogens with zero attached hydrogens (tertiary/aromatic N) is 3. The standard InChI is InChI=1S/C22H35N5O.HI/c1-23-22(24-14-18-10-6-7-11-19(18)15-26(2)3)25-20-12-13-27(16-20)21(28)17-8-4-5-9-17;/h6-7,10-11,17,20H,4-5,8-9,12-16H2,1-3H3,(H2,23,24,25);1H. The van der Waals surface area contributed by atoms with Crippen LogP contribution in [0.2, 0.25) is 0 Å². The number of halogens is 1. The highest BCUT2D eigenvalue weighted by Gasteiger charge is 2.32. The minimum Gasteiger partial charge on any atom is -0.352 e. The number of hydrogen-bond donors (Lipinski definition) is 2. The van der Waals surface area contributed by atoms with Crippen LogP contribution in [0.1, 0.15) is 43.2 Å². The van der Waals surface area contributed by atoms with E-state index in [4.69, 9.17) is 0 Å². The Morgan fingerprint density at radius 2 is 1.86 bits per heavy atom. The molecular weight excluding hydrogens is 477 g/mol. The van der Waals surface area contributed by atoms with E-state index in [1.54, 1.807) is 7.05 Å². The van der Waals surface area contributed by atoms with Crippen molar-refractivity contribution >= 4 is 35.8 Å². The van der Waals surface area contributed by atoms with Gasteiger partial charge >= 0.3 is 0 Å². The summed E-state index contributed by atoms with van der Waals surface area (Å²) < 4.78 is 0. The highest BCUT2D eigenvalue weighted by Crippen LogP contribution is 2.27. The van der Waals surface area contributed by atoms with Crippen LogP contribution in [0.25, 0.3) is 0 Å². The lowest BCUT2D eigenvalue weighted by molar-refractivity contribution is -0.134. The van der Waals surface area contributed by atoms with Crippen LogP contribution in [-0.4, -0.2) is 61.9 Å². The molecule has 0 spiro atoms. The van der Waals surface area contributed by atoms with E-state index < -0.39 is 0 Å². The first-order valence-corrected chi connectivity index (χ1v) is 10.5. The first-order valence-electron chi connectivity index (χ1n) is 10.5. The summed E-state index contributed by atoms with van der Waals surface area (Å²) in [7, 11) is 5.98. The van der Waals surface area contributed by atoms with Crippen molar-refractivity contribution in [2.75, 3.05) is 34.2 Å². The number of carbonyl (C=O) groups is 1. The minimum atomic E-state index is 0. The van der Waals surface area contributed by atoms with Crippen molar-refractivity contribution in [3.8, 4) is 0 Å². The fraction of sp³-hybridized carbons (Fsp3) is 0.636. The number of likely N-dealkylation sites (tertiary alicyclic amines) is 1. The smallest absolute Gasteiger partial charge is 0.225 e. The van der Waals surface area contributed by atoms with Gasteiger partial charge in [-0.15, -0.1) is 24.0 Å². The fourth-order valence-corrected chi connectivity index (χ4v) is 4.30. The Bertz CT molecular complexity index is 688. The van der Waals surface area contributed by atoms with E-state index in [0.29, 0.717) is 5.91 Å². The van der Waals surface area contributed by atoms with Crippen molar-refractivity contribution in [1.29, 1.82) is 0 Å². The van der Waals surface area contributed by atoms with E-state index in [9.17, 15) is 4.79 Å². The summed E-state index contributed by atoms with van der Waals surface area (Å²) in [5.41, 5.74) is 2.60. The van der Waals surface area contributed by atoms with Gasteiger partial charge in [0, 0.05) is 45.2 Å². The van der Waals surface area contributed by atoms with Gasteiger partial charge < -0.3 is 20.4 Å². The second-order valence-electron chi connectivity index (χ2n) is 8.33. The Labute approximate surface area is 192 Å². The molecule has 1 saturated carbocycles. The van der Waals surface area contributed by atoms with E-state index in [1.807, 2.05) is 4.90 Å². The average molecular weight is 513 g/mol. The van der Waals surface area contributed by atoms with Gasteiger partial charge in [0.15, 0.2) is 5.96 Å². The number of carbonyl (C=O) groups excluding carboxylic acids is 1. The molecule has 0 bridgehead atoms. The first kappa shape index (κ1) is 23.9. The molecule has 0 aromatic heterocycles. The number of amides is 1. The summed E-state index contributed by atoms with van der Waals surface area (Å²) in [6.07, 6.45) is 5.54. The van der Waals surface area contributed by atoms with Gasteiger partial charge in [0.25, 0.3) is 0 Å². The number of hydrogen-bond acceptors (Lipinski definition) is 3. The molecule has 6 nitrogen and oxygen atoms in total. The van der Waals surface area contributed by atoms with Gasteiger partial charge in [-0.05, 0) is 44.5 Å². The zero-order chi connectivity index (χ0) is 19.9. The van der Waals surface area contributed by atoms with E-state index in [-0.39, 0.29) is 35.9 Å². The lowest BCUT2D eigenvalue weighted by Crippen LogP contribution is -2.45. The Morgan fingerprint density at radius 1 is 1.17 bits per heavy atom. The molecule has 2 aliphatic rings. The van der Waals surface area contributed by atoms with E-state index in [0.717, 1.165) is 51.4 Å². The maximum atomic E-state index is 12.6. The molecule has 1 amide bonds. The molecule has 2 N–H and O–H groups in total. The lowest BCUT2D eigenvalue weighted by atomic mass is 10.1. The molecule has 1 aromatic rings. The molecule has 29 heavy (non-hydrogen) atoms. The SMILES string of the molecule is CN=C(NCc1ccccc1CN(C)C)NC1CCN(C(=O)C2CCCC2)C1.I. The van der Waals surface area contributed by atoms with Gasteiger partial charge in [0.1, 0.15) is 0 Å². The molecule has 1 aromatic carbocycles. The van der Waals surface area contributed by atoms with E-state index in [2.05, 4.69) is 58.9 Å². The molecule has 1 atom stereocenters. The summed E-state index contributed by atoms with van der Waals surface area (Å²) in [5, 5.41) is 6.95. The van der Waals surface area contributed by atoms with Crippen molar-refractivity contribution in [2.45, 2.75) is 51.2 Å². The molecule has 0 radical (unpaired) electrons. The van der Waals surface area contributed by atoms with Crippen molar-refractivity contribution < 1.29 is 4.79 Å². The van der Waals surface area contributed by atoms with Crippen molar-refractivity contribution in [2.24, 2.45) is 10.9 Å². The molecule has 1 unspecified atom stereocenters. The normalized spacial score (nSPS) is 20.1. The molecule has 7 heteroatoms. The summed E-state index contributed by atoms with van der Waals surface area (Å²) in [6.45, 7) is 3.30. The average Bonchev–Trinajstić information content (AvgIpc) is 3.37. The van der Waals surface area contributed by atoms with Gasteiger partial charge in [0.2, 0.25) is 5.91 Å². The number of benzene rings is 1. The van der Waals surface area contributed by atoms with E-state index >= 15 is 0 Å². The molecule has 2 fully saturated rings. The van der Waals surface area contributed by atoms with Crippen LogP contribution in [0.3, 0.4) is 0 Å². The highest BCUT2D eigenvalue weighted by molar-refractivity contribution is 14.0. The monoisotopic (exact) mass is 513 g/mol. The van der Waals surface area contributed by atoms with Crippen molar-refractivity contribution in [3.05, 3.63) is 35.4 Å². The van der Waals surface area contributed by atoms with Gasteiger partial charge in [-0.1, -0.05) is 37.1 Å². The van der Waals surface area contributed by atoms with Crippen LogP contribution in [0.5, 0.6) is 0 Å². The summed E-state index contributed by atoms with van der Waals surface area (Å²) in [4.78, 5) is 21.2. The second kappa shape index (κ2) is 11.7. The molecule has 162 valence electrons. The summed E-state index contributed by atoms with van der Waals surface area (Å²) >= 11 is 0. The first-order chi connectivity index (χ1) is 13.6. The number of nitrogens with one attached hydrogen (secondary N) is 2. The van der Waals surface area contributed by atoms with Crippen LogP contribution in [0.15, 0.2) is 29.3 Å². The number of aliphatic imine (C=N–C) groups is 1. The fourth-order valence-electron chi connectivity index (χ4n) is 4.30. The minimum absolute atomic E-state index is 0. The Hall–Kier alpha value is -1.35. The molecule has 1 saturated heterocycles. The molecule has 1 aliphatic heterocycles. The molecule has 1 heterocycles. The molecular formula is C22H36IN5O. The second-order valence-corrected chi connectivity index (χ2v) is 8.33. The predicted octanol–water partition coefficient (Wildman–Crippen LogP) is 2.82. The maximum Gasteiger partial charge on any atom is 0.225 e. The quantitative estimate of drug-likeness (QED) is 0.349. The number of rotatable bonds is 6. The highest BCUT2D eigenvalue weighted by atomic mass is 127. The maximum absolute atomic E-state index is 12.6. The lowest BCUT2D eigenvalue weighted by Gasteiger charge is -2.22. The van der Waals surface area contributed by atoms with Gasteiger partial charge in [-0.3, -0.25) is 9.79 Å². The van der Waals surface area contributed by atoms with Crippen LogP contribution in [0.4, 0.5) is 0 Å². The number of guanidine groups is 1. The summed E-state index contributed by atoms with van der Waals surface area (Å²) in [5.74, 6) is 1.44. The Kier molecular flexibility index (Phi) is 9.68. The molecule has 3 rings (SSSR count). The van der Waals surface area contributed by atoms with Gasteiger partial charge in [-0.25, -0.2) is 0 Å². The Balaban J connectivity index is 0.00000300. The van der Waals surface area contributed by atoms with Crippen LogP contribution < -0.4 is 10.6 Å². The Morgan fingerprint density at radius 3 is 2.52 bits per heavy atom. The largest absolute Gasteiger partial charge is 0.352 e. The van der Waals surface area contributed by atoms with Crippen LogP contribution in [0, 0.1) is 5.92 Å². The van der Waals surface area contributed by atoms with Gasteiger partial charge in [0.05, 0.1) is 0 Å². The third-order valence-electron chi connectivity index (χ3n) is 5.82. The van der Waals surface area contributed by atoms with Crippen molar-refractivity contribution in [1.82, 2.24) is 20.4 Å². The zero-order valence-electron chi connectivity index (χ0n) is 18.0. The van der Waals surface area contributed by atoms with Crippen LogP contribution in [-0.2, 0) is 17.9 Å². The van der Waals surface area contributed by atoms with Crippen molar-refractivity contribution in [3.63, 3.8) is 0 Å².